The van der Waals surface area contributed by atoms with E-state index in [-0.39, 0.29) is 30.7 Å². The second-order valence-corrected chi connectivity index (χ2v) is 6.83. The number of anilines is 1. The molecule has 1 aliphatic heterocycles. The zero-order valence-electron chi connectivity index (χ0n) is 15.9. The Morgan fingerprint density at radius 2 is 1.86 bits per heavy atom. The molecule has 0 atom stereocenters. The summed E-state index contributed by atoms with van der Waals surface area (Å²) in [5.74, 6) is -0.159. The van der Waals surface area contributed by atoms with E-state index in [1.54, 1.807) is 49.4 Å². The summed E-state index contributed by atoms with van der Waals surface area (Å²) in [6.07, 6.45) is -0.00397. The molecular formula is C21H18N4O4. The quantitative estimate of drug-likeness (QED) is 0.672. The van der Waals surface area contributed by atoms with E-state index in [4.69, 9.17) is 4.52 Å². The molecule has 8 heteroatoms. The number of benzene rings is 2. The van der Waals surface area contributed by atoms with Gasteiger partial charge >= 0.3 is 0 Å². The maximum absolute atomic E-state index is 12.5. The summed E-state index contributed by atoms with van der Waals surface area (Å²) in [6, 6.07) is 12.2. The van der Waals surface area contributed by atoms with Gasteiger partial charge < -0.3 is 9.84 Å². The SMILES string of the molecule is Cc1ccc2c(c1)C(=O)N(CCC(=O)Nc1cccc(-c3noc(C)n3)c1)C2=O. The molecule has 0 spiro atoms. The average Bonchev–Trinajstić information content (AvgIpc) is 3.23. The van der Waals surface area contributed by atoms with E-state index in [0.29, 0.717) is 34.1 Å². The highest BCUT2D eigenvalue weighted by molar-refractivity contribution is 6.21. The van der Waals surface area contributed by atoms with Crippen molar-refractivity contribution in [2.75, 3.05) is 11.9 Å². The fourth-order valence-corrected chi connectivity index (χ4v) is 3.20. The van der Waals surface area contributed by atoms with E-state index >= 15 is 0 Å². The molecule has 1 N–H and O–H groups in total. The monoisotopic (exact) mass is 390 g/mol. The number of carbonyl (C=O) groups excluding carboxylic acids is 3. The van der Waals surface area contributed by atoms with Crippen LogP contribution in [0.15, 0.2) is 47.0 Å². The summed E-state index contributed by atoms with van der Waals surface area (Å²) >= 11 is 0. The van der Waals surface area contributed by atoms with Gasteiger partial charge in [0.2, 0.25) is 17.6 Å². The molecule has 0 saturated heterocycles. The van der Waals surface area contributed by atoms with Crippen LogP contribution in [0.25, 0.3) is 11.4 Å². The fraction of sp³-hybridized carbons (Fsp3) is 0.190. The van der Waals surface area contributed by atoms with Gasteiger partial charge in [-0.15, -0.1) is 0 Å². The van der Waals surface area contributed by atoms with Crippen molar-refractivity contribution in [1.29, 1.82) is 0 Å². The van der Waals surface area contributed by atoms with Crippen molar-refractivity contribution in [3.63, 3.8) is 0 Å². The summed E-state index contributed by atoms with van der Waals surface area (Å²) in [7, 11) is 0. The molecule has 0 unspecified atom stereocenters. The third kappa shape index (κ3) is 3.64. The topological polar surface area (TPSA) is 105 Å². The van der Waals surface area contributed by atoms with E-state index in [1.165, 1.54) is 0 Å². The van der Waals surface area contributed by atoms with E-state index in [1.807, 2.05) is 6.92 Å². The first-order valence-corrected chi connectivity index (χ1v) is 9.10. The van der Waals surface area contributed by atoms with Crippen LogP contribution >= 0.6 is 0 Å². The van der Waals surface area contributed by atoms with Gasteiger partial charge in [0.25, 0.3) is 11.8 Å². The number of hydrogen-bond donors (Lipinski definition) is 1. The molecule has 146 valence electrons. The molecule has 1 aromatic heterocycles. The van der Waals surface area contributed by atoms with Gasteiger partial charge in [0, 0.05) is 31.1 Å². The largest absolute Gasteiger partial charge is 0.339 e. The number of rotatable bonds is 5. The first kappa shape index (κ1) is 18.5. The van der Waals surface area contributed by atoms with E-state index < -0.39 is 0 Å². The lowest BCUT2D eigenvalue weighted by Crippen LogP contribution is -2.32. The lowest BCUT2D eigenvalue weighted by atomic mass is 10.1. The highest BCUT2D eigenvalue weighted by Gasteiger charge is 2.35. The van der Waals surface area contributed by atoms with Crippen molar-refractivity contribution in [2.45, 2.75) is 20.3 Å². The Bertz CT molecular complexity index is 1140. The standard InChI is InChI=1S/C21H18N4O4/c1-12-6-7-16-17(10-12)21(28)25(20(16)27)9-8-18(26)23-15-5-3-4-14(11-15)19-22-13(2)29-24-19/h3-7,10-11H,8-9H2,1-2H3,(H,23,26). The lowest BCUT2D eigenvalue weighted by molar-refractivity contribution is -0.116. The van der Waals surface area contributed by atoms with Gasteiger partial charge in [0.15, 0.2) is 0 Å². The van der Waals surface area contributed by atoms with E-state index in [9.17, 15) is 14.4 Å². The molecule has 29 heavy (non-hydrogen) atoms. The smallest absolute Gasteiger partial charge is 0.261 e. The molecule has 0 bridgehead atoms. The summed E-state index contributed by atoms with van der Waals surface area (Å²) < 4.78 is 4.97. The van der Waals surface area contributed by atoms with Crippen LogP contribution < -0.4 is 5.32 Å². The zero-order valence-corrected chi connectivity index (χ0v) is 15.9. The number of amides is 3. The number of aromatic nitrogens is 2. The number of nitrogens with one attached hydrogen (secondary N) is 1. The number of imide groups is 1. The minimum Gasteiger partial charge on any atom is -0.339 e. The molecule has 0 saturated carbocycles. The highest BCUT2D eigenvalue weighted by atomic mass is 16.5. The molecule has 3 aromatic rings. The summed E-state index contributed by atoms with van der Waals surface area (Å²) in [5, 5.41) is 6.63. The maximum atomic E-state index is 12.5. The molecule has 2 aromatic carbocycles. The Morgan fingerprint density at radius 1 is 1.07 bits per heavy atom. The second-order valence-electron chi connectivity index (χ2n) is 6.83. The normalized spacial score (nSPS) is 13.0. The number of aryl methyl sites for hydroxylation is 2. The first-order valence-electron chi connectivity index (χ1n) is 9.10. The molecule has 0 radical (unpaired) electrons. The molecule has 1 aliphatic rings. The van der Waals surface area contributed by atoms with Crippen molar-refractivity contribution in [2.24, 2.45) is 0 Å². The van der Waals surface area contributed by atoms with E-state index in [0.717, 1.165) is 10.5 Å². The van der Waals surface area contributed by atoms with Crippen LogP contribution in [0.1, 0.15) is 38.6 Å². The molecule has 0 aliphatic carbocycles. The van der Waals surface area contributed by atoms with Crippen LogP contribution in [0, 0.1) is 13.8 Å². The van der Waals surface area contributed by atoms with Gasteiger partial charge in [0.05, 0.1) is 11.1 Å². The number of hydrogen-bond acceptors (Lipinski definition) is 6. The van der Waals surface area contributed by atoms with Gasteiger partial charge in [-0.25, -0.2) is 0 Å². The van der Waals surface area contributed by atoms with Crippen molar-refractivity contribution >= 4 is 23.4 Å². The average molecular weight is 390 g/mol. The number of carbonyl (C=O) groups is 3. The molecule has 2 heterocycles. The van der Waals surface area contributed by atoms with Gasteiger partial charge in [0.1, 0.15) is 0 Å². The summed E-state index contributed by atoms with van der Waals surface area (Å²) in [4.78, 5) is 42.6. The Kier molecular flexibility index (Phi) is 4.67. The predicted molar refractivity (Wildman–Crippen MR) is 104 cm³/mol. The van der Waals surface area contributed by atoms with Gasteiger partial charge in [-0.2, -0.15) is 4.98 Å². The van der Waals surface area contributed by atoms with Crippen LogP contribution in [0.2, 0.25) is 0 Å². The van der Waals surface area contributed by atoms with Crippen LogP contribution in [0.3, 0.4) is 0 Å². The summed E-state index contributed by atoms with van der Waals surface area (Å²) in [6.45, 7) is 3.57. The predicted octanol–water partition coefficient (Wildman–Crippen LogP) is 2.98. The Balaban J connectivity index is 1.40. The molecule has 4 rings (SSSR count). The minimum absolute atomic E-state index is 0.00397. The molecule has 3 amide bonds. The van der Waals surface area contributed by atoms with E-state index in [2.05, 4.69) is 15.5 Å². The van der Waals surface area contributed by atoms with Gasteiger partial charge in [-0.05, 0) is 31.2 Å². The Labute approximate surface area is 166 Å². The van der Waals surface area contributed by atoms with Gasteiger partial charge in [-0.3, -0.25) is 19.3 Å². The molecular weight excluding hydrogens is 372 g/mol. The molecule has 0 fully saturated rings. The van der Waals surface area contributed by atoms with Crippen LogP contribution in [0.4, 0.5) is 5.69 Å². The van der Waals surface area contributed by atoms with Crippen LogP contribution in [-0.2, 0) is 4.79 Å². The third-order valence-corrected chi connectivity index (χ3v) is 4.62. The Morgan fingerprint density at radius 3 is 2.62 bits per heavy atom. The zero-order chi connectivity index (χ0) is 20.5. The third-order valence-electron chi connectivity index (χ3n) is 4.62. The van der Waals surface area contributed by atoms with Crippen molar-refractivity contribution in [3.8, 4) is 11.4 Å². The van der Waals surface area contributed by atoms with Crippen LogP contribution in [-0.4, -0.2) is 39.3 Å². The maximum Gasteiger partial charge on any atom is 0.261 e. The van der Waals surface area contributed by atoms with Crippen LogP contribution in [0.5, 0.6) is 0 Å². The van der Waals surface area contributed by atoms with Crippen molar-refractivity contribution in [1.82, 2.24) is 15.0 Å². The van der Waals surface area contributed by atoms with Crippen molar-refractivity contribution in [3.05, 3.63) is 65.0 Å². The Hall–Kier alpha value is -3.81. The lowest BCUT2D eigenvalue weighted by Gasteiger charge is -2.13. The minimum atomic E-state index is -0.368. The number of nitrogens with zero attached hydrogens (tertiary/aromatic N) is 3. The van der Waals surface area contributed by atoms with Gasteiger partial charge in [-0.1, -0.05) is 28.9 Å². The second kappa shape index (κ2) is 7.31. The fourth-order valence-electron chi connectivity index (χ4n) is 3.20. The summed E-state index contributed by atoms with van der Waals surface area (Å²) in [5.41, 5.74) is 2.94. The first-order chi connectivity index (χ1) is 13.9. The van der Waals surface area contributed by atoms with Crippen molar-refractivity contribution < 1.29 is 18.9 Å². The molecule has 8 nitrogen and oxygen atoms in total. The highest BCUT2D eigenvalue weighted by Crippen LogP contribution is 2.24. The number of fused-ring (bicyclic) bond motifs is 1.